The fraction of sp³-hybridized carbons (Fsp3) is 0.481. The van der Waals surface area contributed by atoms with Crippen molar-refractivity contribution in [3.63, 3.8) is 0 Å². The van der Waals surface area contributed by atoms with Gasteiger partial charge in [0.05, 0.1) is 9.79 Å². The number of sulfonamides is 2. The van der Waals surface area contributed by atoms with E-state index in [4.69, 9.17) is 14.6 Å². The first-order chi connectivity index (χ1) is 20.3. The number of benzene rings is 2. The molecule has 2 fully saturated rings. The van der Waals surface area contributed by atoms with Crippen molar-refractivity contribution >= 4 is 32.1 Å². The maximum absolute atomic E-state index is 12.1. The molecular formula is C27H37F3N4O8S2. The summed E-state index contributed by atoms with van der Waals surface area (Å²) in [5, 5.41) is 10.2. The number of ether oxygens (including phenoxy) is 1. The second-order valence-electron chi connectivity index (χ2n) is 10.9. The first kappa shape index (κ1) is 36.9. The highest BCUT2D eigenvalue weighted by atomic mass is 32.2. The summed E-state index contributed by atoms with van der Waals surface area (Å²) in [7, 11) is -6.79. The van der Waals surface area contributed by atoms with Gasteiger partial charge in [-0.05, 0) is 51.0 Å². The predicted octanol–water partition coefficient (Wildman–Crippen LogP) is 2.65. The van der Waals surface area contributed by atoms with Crippen LogP contribution in [0.2, 0.25) is 0 Å². The van der Waals surface area contributed by atoms with Gasteiger partial charge in [-0.2, -0.15) is 13.2 Å². The van der Waals surface area contributed by atoms with Gasteiger partial charge in [-0.1, -0.05) is 36.4 Å². The van der Waals surface area contributed by atoms with Gasteiger partial charge in [0, 0.05) is 45.2 Å². The maximum Gasteiger partial charge on any atom is 0.490 e. The molecule has 246 valence electrons. The molecule has 2 aromatic rings. The summed E-state index contributed by atoms with van der Waals surface area (Å²) in [5.41, 5.74) is -0.517. The third-order valence-corrected chi connectivity index (χ3v) is 8.83. The maximum atomic E-state index is 12.1. The van der Waals surface area contributed by atoms with E-state index in [-0.39, 0.29) is 16.9 Å². The van der Waals surface area contributed by atoms with Crippen LogP contribution in [0.4, 0.5) is 18.0 Å². The Bertz CT molecular complexity index is 1430. The van der Waals surface area contributed by atoms with Gasteiger partial charge in [0.15, 0.2) is 0 Å². The van der Waals surface area contributed by atoms with Crippen molar-refractivity contribution in [1.82, 2.24) is 19.7 Å². The topological polar surface area (TPSA) is 171 Å². The fourth-order valence-corrected chi connectivity index (χ4v) is 5.76. The van der Waals surface area contributed by atoms with E-state index in [1.807, 2.05) is 20.8 Å². The lowest BCUT2D eigenvalue weighted by Gasteiger charge is -2.39. The number of aliphatic carboxylic acids is 1. The number of carboxylic acid groups (broad SMARTS) is 1. The van der Waals surface area contributed by atoms with Crippen LogP contribution in [0.1, 0.15) is 20.8 Å². The zero-order valence-corrected chi connectivity index (χ0v) is 26.0. The number of carbonyl (C=O) groups is 2. The standard InChI is InChI=1S/C15H22N2O4S.C10H14N2O2S.C2HF3O2/c1-15(2,3)21-14(18)17-10-12(11-17)9-16-22(19,20)13-7-5-4-6-8-13;13-15(14,10-4-2-1-3-5-10)12-8-9-6-11-7-9;3-2(4,5)1(6)7/h4-8,12,16H,9-11H2,1-3H3;1-5,9,11-12H,6-8H2;(H,6,7). The molecule has 44 heavy (non-hydrogen) atoms. The lowest BCUT2D eigenvalue weighted by Crippen LogP contribution is -2.54. The molecule has 2 heterocycles. The molecule has 0 unspecified atom stereocenters. The van der Waals surface area contributed by atoms with Crippen LogP contribution >= 0.6 is 0 Å². The van der Waals surface area contributed by atoms with Crippen LogP contribution in [0.5, 0.6) is 0 Å². The van der Waals surface area contributed by atoms with Gasteiger partial charge in [0.2, 0.25) is 20.0 Å². The molecule has 0 radical (unpaired) electrons. The Hall–Kier alpha value is -3.25. The first-order valence-corrected chi connectivity index (χ1v) is 16.3. The minimum absolute atomic E-state index is 0.117. The molecular weight excluding hydrogens is 629 g/mol. The average Bonchev–Trinajstić information content (AvgIpc) is 2.87. The lowest BCUT2D eigenvalue weighted by atomic mass is 10.0. The van der Waals surface area contributed by atoms with E-state index in [0.717, 1.165) is 13.1 Å². The molecule has 1 amide bonds. The van der Waals surface area contributed by atoms with Gasteiger partial charge in [-0.25, -0.2) is 35.9 Å². The third-order valence-electron chi connectivity index (χ3n) is 5.95. The molecule has 2 aliphatic heterocycles. The lowest BCUT2D eigenvalue weighted by molar-refractivity contribution is -0.192. The largest absolute Gasteiger partial charge is 0.490 e. The molecule has 0 aliphatic carbocycles. The minimum atomic E-state index is -5.08. The van der Waals surface area contributed by atoms with Crippen LogP contribution in [-0.4, -0.2) is 90.0 Å². The SMILES string of the molecule is CC(C)(C)OC(=O)N1CC(CNS(=O)(=O)c2ccccc2)C1.O=C(O)C(F)(F)F.O=S(=O)(NCC1CNC1)c1ccccc1. The van der Waals surface area contributed by atoms with Crippen molar-refractivity contribution in [2.24, 2.45) is 11.8 Å². The van der Waals surface area contributed by atoms with E-state index in [2.05, 4.69) is 14.8 Å². The Kier molecular flexibility index (Phi) is 13.1. The number of rotatable bonds is 8. The van der Waals surface area contributed by atoms with Crippen molar-refractivity contribution in [1.29, 1.82) is 0 Å². The summed E-state index contributed by atoms with van der Waals surface area (Å²) < 4.78 is 89.8. The van der Waals surface area contributed by atoms with E-state index in [1.54, 1.807) is 65.6 Å². The Morgan fingerprint density at radius 1 is 0.841 bits per heavy atom. The van der Waals surface area contributed by atoms with Gasteiger partial charge in [-0.15, -0.1) is 0 Å². The monoisotopic (exact) mass is 666 g/mol. The average molecular weight is 667 g/mol. The zero-order valence-electron chi connectivity index (χ0n) is 24.4. The Balaban J connectivity index is 0.000000264. The molecule has 2 saturated heterocycles. The first-order valence-electron chi connectivity index (χ1n) is 13.4. The number of nitrogens with zero attached hydrogens (tertiary/aromatic N) is 1. The Labute approximate surface area is 255 Å². The number of likely N-dealkylation sites (tertiary alicyclic amines) is 1. The predicted molar refractivity (Wildman–Crippen MR) is 155 cm³/mol. The molecule has 0 aromatic heterocycles. The minimum Gasteiger partial charge on any atom is -0.475 e. The molecule has 0 spiro atoms. The molecule has 4 N–H and O–H groups in total. The zero-order chi connectivity index (χ0) is 33.2. The number of halogens is 3. The van der Waals surface area contributed by atoms with Crippen LogP contribution in [0, 0.1) is 11.8 Å². The van der Waals surface area contributed by atoms with Gasteiger partial charge >= 0.3 is 18.2 Å². The number of hydrogen-bond donors (Lipinski definition) is 4. The number of carbonyl (C=O) groups excluding carboxylic acids is 1. The summed E-state index contributed by atoms with van der Waals surface area (Å²) in [6, 6.07) is 16.7. The second kappa shape index (κ2) is 15.7. The van der Waals surface area contributed by atoms with E-state index >= 15 is 0 Å². The fourth-order valence-electron chi connectivity index (χ4n) is 3.49. The highest BCUT2D eigenvalue weighted by Gasteiger charge is 2.38. The number of hydrogen-bond acceptors (Lipinski definition) is 8. The highest BCUT2D eigenvalue weighted by Crippen LogP contribution is 2.20. The number of amides is 1. The van der Waals surface area contributed by atoms with E-state index < -0.39 is 37.8 Å². The van der Waals surface area contributed by atoms with Crippen LogP contribution in [0.25, 0.3) is 0 Å². The van der Waals surface area contributed by atoms with E-state index in [1.165, 1.54) is 0 Å². The van der Waals surface area contributed by atoms with Crippen LogP contribution < -0.4 is 14.8 Å². The van der Waals surface area contributed by atoms with Gasteiger partial charge < -0.3 is 20.1 Å². The van der Waals surface area contributed by atoms with E-state index in [9.17, 15) is 34.8 Å². The molecule has 0 atom stereocenters. The number of nitrogens with one attached hydrogen (secondary N) is 3. The normalized spacial score (nSPS) is 15.8. The second-order valence-corrected chi connectivity index (χ2v) is 14.4. The molecule has 2 aliphatic rings. The van der Waals surface area contributed by atoms with Crippen molar-refractivity contribution < 1.29 is 49.4 Å². The molecule has 17 heteroatoms. The van der Waals surface area contributed by atoms with Gasteiger partial charge in [-0.3, -0.25) is 0 Å². The third kappa shape index (κ3) is 12.8. The van der Waals surface area contributed by atoms with Crippen LogP contribution in [-0.2, 0) is 29.6 Å². The molecule has 2 aromatic carbocycles. The quantitative estimate of drug-likeness (QED) is 0.331. The Morgan fingerprint density at radius 2 is 1.23 bits per heavy atom. The number of carboxylic acids is 1. The summed E-state index contributed by atoms with van der Waals surface area (Å²) in [4.78, 5) is 22.8. The summed E-state index contributed by atoms with van der Waals surface area (Å²) >= 11 is 0. The number of alkyl halides is 3. The summed E-state index contributed by atoms with van der Waals surface area (Å²) in [6.07, 6.45) is -5.44. The molecule has 12 nitrogen and oxygen atoms in total. The molecule has 0 saturated carbocycles. The Morgan fingerprint density at radius 3 is 1.55 bits per heavy atom. The smallest absolute Gasteiger partial charge is 0.475 e. The molecule has 0 bridgehead atoms. The highest BCUT2D eigenvalue weighted by molar-refractivity contribution is 7.89. The van der Waals surface area contributed by atoms with Crippen molar-refractivity contribution in [3.05, 3.63) is 60.7 Å². The van der Waals surface area contributed by atoms with Crippen molar-refractivity contribution in [2.45, 2.75) is 42.3 Å². The van der Waals surface area contributed by atoms with Gasteiger partial charge in [0.25, 0.3) is 0 Å². The van der Waals surface area contributed by atoms with Crippen molar-refractivity contribution in [2.75, 3.05) is 39.3 Å². The summed E-state index contributed by atoms with van der Waals surface area (Å²) in [5.74, 6) is -2.21. The summed E-state index contributed by atoms with van der Waals surface area (Å²) in [6.45, 7) is 9.09. The van der Waals surface area contributed by atoms with E-state index in [0.29, 0.717) is 37.0 Å². The van der Waals surface area contributed by atoms with Gasteiger partial charge in [0.1, 0.15) is 5.60 Å². The van der Waals surface area contributed by atoms with Crippen molar-refractivity contribution in [3.8, 4) is 0 Å². The van der Waals surface area contributed by atoms with Crippen LogP contribution in [0.15, 0.2) is 70.5 Å². The molecule has 4 rings (SSSR count). The van der Waals surface area contributed by atoms with Crippen LogP contribution in [0.3, 0.4) is 0 Å².